The Bertz CT molecular complexity index is 854. The first-order valence-electron chi connectivity index (χ1n) is 8.00. The SMILES string of the molecule is O=C1Nc2ccc(Br)cc2C(O)(C(=O)NC2CC2)N1c1ccccc1. The molecule has 0 aromatic heterocycles. The van der Waals surface area contributed by atoms with Crippen molar-refractivity contribution in [3.63, 3.8) is 0 Å². The molecule has 2 aromatic carbocycles. The van der Waals surface area contributed by atoms with Crippen molar-refractivity contribution in [2.75, 3.05) is 10.2 Å². The minimum Gasteiger partial charge on any atom is -0.359 e. The Kier molecular flexibility index (Phi) is 3.77. The Morgan fingerprint density at radius 3 is 2.64 bits per heavy atom. The highest BCUT2D eigenvalue weighted by Gasteiger charge is 2.52. The van der Waals surface area contributed by atoms with Crippen LogP contribution in [0.4, 0.5) is 16.2 Å². The van der Waals surface area contributed by atoms with Crippen LogP contribution in [0.15, 0.2) is 53.0 Å². The quantitative estimate of drug-likeness (QED) is 0.739. The molecule has 4 rings (SSSR count). The number of fused-ring (bicyclic) bond motifs is 1. The molecule has 1 aliphatic heterocycles. The van der Waals surface area contributed by atoms with Gasteiger partial charge in [0.2, 0.25) is 0 Å². The number of urea groups is 1. The standard InChI is InChI=1S/C18H16BrN3O3/c19-11-6-9-15-14(10-11)18(25,16(23)20-12-7-8-12)22(17(24)21-15)13-4-2-1-3-5-13/h1-6,9-10,12,25H,7-8H2,(H,20,23)(H,21,24). The number of amides is 3. The fourth-order valence-corrected chi connectivity index (χ4v) is 3.33. The van der Waals surface area contributed by atoms with Gasteiger partial charge in [-0.3, -0.25) is 9.69 Å². The molecule has 1 fully saturated rings. The van der Waals surface area contributed by atoms with Gasteiger partial charge < -0.3 is 15.7 Å². The van der Waals surface area contributed by atoms with Crippen molar-refractivity contribution >= 4 is 39.2 Å². The van der Waals surface area contributed by atoms with E-state index in [0.29, 0.717) is 21.4 Å². The van der Waals surface area contributed by atoms with Gasteiger partial charge in [0, 0.05) is 21.8 Å². The topological polar surface area (TPSA) is 81.7 Å². The molecule has 1 aliphatic carbocycles. The van der Waals surface area contributed by atoms with E-state index in [-0.39, 0.29) is 6.04 Å². The van der Waals surface area contributed by atoms with E-state index in [2.05, 4.69) is 26.6 Å². The first-order valence-corrected chi connectivity index (χ1v) is 8.79. The van der Waals surface area contributed by atoms with E-state index in [1.807, 2.05) is 0 Å². The molecule has 1 unspecified atom stereocenters. The van der Waals surface area contributed by atoms with Crippen molar-refractivity contribution in [3.05, 3.63) is 58.6 Å². The van der Waals surface area contributed by atoms with Gasteiger partial charge in [-0.15, -0.1) is 0 Å². The van der Waals surface area contributed by atoms with Gasteiger partial charge in [-0.2, -0.15) is 0 Å². The van der Waals surface area contributed by atoms with Gasteiger partial charge in [0.1, 0.15) is 0 Å². The second-order valence-electron chi connectivity index (χ2n) is 6.21. The number of benzene rings is 2. The Morgan fingerprint density at radius 1 is 1.24 bits per heavy atom. The first-order chi connectivity index (χ1) is 12.0. The smallest absolute Gasteiger partial charge is 0.329 e. The lowest BCUT2D eigenvalue weighted by Gasteiger charge is -2.42. The molecule has 0 bridgehead atoms. The van der Waals surface area contributed by atoms with Crippen LogP contribution < -0.4 is 15.5 Å². The lowest BCUT2D eigenvalue weighted by Crippen LogP contribution is -2.62. The van der Waals surface area contributed by atoms with Crippen LogP contribution in [-0.2, 0) is 10.5 Å². The third kappa shape index (κ3) is 2.69. The molecule has 128 valence electrons. The summed E-state index contributed by atoms with van der Waals surface area (Å²) in [6.45, 7) is 0. The molecule has 1 atom stereocenters. The van der Waals surface area contributed by atoms with E-state index in [4.69, 9.17) is 0 Å². The summed E-state index contributed by atoms with van der Waals surface area (Å²) >= 11 is 3.37. The van der Waals surface area contributed by atoms with Crippen LogP contribution in [0, 0.1) is 0 Å². The second kappa shape index (κ2) is 5.86. The molecule has 1 saturated carbocycles. The Morgan fingerprint density at radius 2 is 1.96 bits per heavy atom. The van der Waals surface area contributed by atoms with E-state index in [9.17, 15) is 14.7 Å². The summed E-state index contributed by atoms with van der Waals surface area (Å²) < 4.78 is 0.702. The average molecular weight is 402 g/mol. The lowest BCUT2D eigenvalue weighted by atomic mass is 9.94. The van der Waals surface area contributed by atoms with E-state index in [0.717, 1.165) is 17.7 Å². The number of hydrogen-bond donors (Lipinski definition) is 3. The van der Waals surface area contributed by atoms with Gasteiger partial charge in [-0.25, -0.2) is 4.79 Å². The van der Waals surface area contributed by atoms with E-state index >= 15 is 0 Å². The zero-order valence-electron chi connectivity index (χ0n) is 13.2. The van der Waals surface area contributed by atoms with E-state index < -0.39 is 17.7 Å². The van der Waals surface area contributed by atoms with Crippen LogP contribution in [0.5, 0.6) is 0 Å². The first kappa shape index (κ1) is 16.1. The van der Waals surface area contributed by atoms with Crippen LogP contribution in [0.1, 0.15) is 18.4 Å². The molecule has 0 saturated heterocycles. The highest BCUT2D eigenvalue weighted by molar-refractivity contribution is 9.10. The number of nitrogens with zero attached hydrogens (tertiary/aromatic N) is 1. The Hall–Kier alpha value is -2.38. The maximum atomic E-state index is 13.0. The number of carbonyl (C=O) groups is 2. The molecule has 0 spiro atoms. The van der Waals surface area contributed by atoms with Gasteiger partial charge in [0.15, 0.2) is 0 Å². The molecule has 7 heteroatoms. The third-order valence-corrected chi connectivity index (χ3v) is 4.86. The van der Waals surface area contributed by atoms with E-state index in [1.165, 1.54) is 0 Å². The minimum absolute atomic E-state index is 0.0507. The Labute approximate surface area is 153 Å². The van der Waals surface area contributed by atoms with Crippen molar-refractivity contribution in [2.24, 2.45) is 0 Å². The van der Waals surface area contributed by atoms with Gasteiger partial charge in [0.25, 0.3) is 11.6 Å². The molecule has 25 heavy (non-hydrogen) atoms. The van der Waals surface area contributed by atoms with Crippen molar-refractivity contribution in [3.8, 4) is 0 Å². The number of rotatable bonds is 3. The fraction of sp³-hybridized carbons (Fsp3) is 0.222. The zero-order chi connectivity index (χ0) is 17.6. The predicted molar refractivity (Wildman–Crippen MR) is 97.1 cm³/mol. The summed E-state index contributed by atoms with van der Waals surface area (Å²) in [6.07, 6.45) is 1.76. The van der Waals surface area contributed by atoms with Crippen LogP contribution in [-0.4, -0.2) is 23.1 Å². The van der Waals surface area contributed by atoms with E-state index in [1.54, 1.807) is 48.5 Å². The summed E-state index contributed by atoms with van der Waals surface area (Å²) in [6, 6.07) is 13.2. The van der Waals surface area contributed by atoms with Crippen LogP contribution >= 0.6 is 15.9 Å². The highest BCUT2D eigenvalue weighted by Crippen LogP contribution is 2.41. The van der Waals surface area contributed by atoms with Crippen LogP contribution in [0.2, 0.25) is 0 Å². The van der Waals surface area contributed by atoms with Gasteiger partial charge in [-0.1, -0.05) is 34.1 Å². The van der Waals surface area contributed by atoms with Gasteiger partial charge in [0.05, 0.1) is 5.69 Å². The number of aliphatic hydroxyl groups is 1. The second-order valence-corrected chi connectivity index (χ2v) is 7.13. The Balaban J connectivity index is 1.89. The van der Waals surface area contributed by atoms with Crippen molar-refractivity contribution < 1.29 is 14.7 Å². The van der Waals surface area contributed by atoms with Gasteiger partial charge in [-0.05, 0) is 43.2 Å². The summed E-state index contributed by atoms with van der Waals surface area (Å²) in [5.74, 6) is -0.604. The molecule has 0 radical (unpaired) electrons. The number of halogens is 1. The molecule has 3 N–H and O–H groups in total. The van der Waals surface area contributed by atoms with Crippen LogP contribution in [0.3, 0.4) is 0 Å². The monoisotopic (exact) mass is 401 g/mol. The summed E-state index contributed by atoms with van der Waals surface area (Å²) in [7, 11) is 0. The number of hydrogen-bond acceptors (Lipinski definition) is 3. The van der Waals surface area contributed by atoms with Crippen molar-refractivity contribution in [1.82, 2.24) is 5.32 Å². The average Bonchev–Trinajstić information content (AvgIpc) is 3.40. The maximum Gasteiger partial charge on any atom is 0.329 e. The molecular weight excluding hydrogens is 386 g/mol. The molecule has 2 aromatic rings. The number of nitrogens with one attached hydrogen (secondary N) is 2. The van der Waals surface area contributed by atoms with Crippen molar-refractivity contribution in [1.29, 1.82) is 0 Å². The summed E-state index contributed by atoms with van der Waals surface area (Å²) in [5, 5.41) is 17.1. The highest BCUT2D eigenvalue weighted by atomic mass is 79.9. The normalized spacial score (nSPS) is 22.2. The molecule has 6 nitrogen and oxygen atoms in total. The molecule has 1 heterocycles. The molecular formula is C18H16BrN3O3. The van der Waals surface area contributed by atoms with Crippen molar-refractivity contribution in [2.45, 2.75) is 24.6 Å². The predicted octanol–water partition coefficient (Wildman–Crippen LogP) is 2.92. The summed E-state index contributed by atoms with van der Waals surface area (Å²) in [5.41, 5.74) is -0.970. The fourth-order valence-electron chi connectivity index (χ4n) is 2.97. The van der Waals surface area contributed by atoms with Crippen LogP contribution in [0.25, 0.3) is 0 Å². The zero-order valence-corrected chi connectivity index (χ0v) is 14.8. The van der Waals surface area contributed by atoms with Gasteiger partial charge >= 0.3 is 6.03 Å². The largest absolute Gasteiger partial charge is 0.359 e. The number of para-hydroxylation sites is 1. The number of carbonyl (C=O) groups excluding carboxylic acids is 2. The molecule has 3 amide bonds. The number of anilines is 2. The molecule has 2 aliphatic rings. The maximum absolute atomic E-state index is 13.0. The lowest BCUT2D eigenvalue weighted by molar-refractivity contribution is -0.140. The summed E-state index contributed by atoms with van der Waals surface area (Å²) in [4.78, 5) is 26.8. The minimum atomic E-state index is -2.13. The third-order valence-electron chi connectivity index (χ3n) is 4.37.